The lowest BCUT2D eigenvalue weighted by molar-refractivity contribution is -0.117. The summed E-state index contributed by atoms with van der Waals surface area (Å²) in [4.78, 5) is 25.3. The molecule has 0 bridgehead atoms. The first-order valence-electron chi connectivity index (χ1n) is 10.3. The number of anilines is 1. The van der Waals surface area contributed by atoms with Gasteiger partial charge in [0.25, 0.3) is 5.56 Å². The highest BCUT2D eigenvalue weighted by Gasteiger charge is 2.22. The topological polar surface area (TPSA) is 103 Å². The molecule has 1 aromatic heterocycles. The van der Waals surface area contributed by atoms with Crippen molar-refractivity contribution in [2.24, 2.45) is 0 Å². The number of carbonyl (C=O) groups excluding carboxylic acids is 1. The number of ether oxygens (including phenoxy) is 1. The molecule has 0 aliphatic carbocycles. The smallest absolute Gasteiger partial charge is 0.295 e. The van der Waals surface area contributed by atoms with Crippen molar-refractivity contribution in [3.8, 4) is 0 Å². The minimum Gasteiger partial charge on any atom is -0.361 e. The van der Waals surface area contributed by atoms with Gasteiger partial charge in [0.05, 0.1) is 5.69 Å². The maximum absolute atomic E-state index is 12.0. The highest BCUT2D eigenvalue weighted by Crippen LogP contribution is 2.26. The first-order chi connectivity index (χ1) is 15.0. The first-order valence-corrected chi connectivity index (χ1v) is 12.1. The van der Waals surface area contributed by atoms with Gasteiger partial charge in [0, 0.05) is 12.0 Å². The number of aromatic nitrogens is 3. The van der Waals surface area contributed by atoms with Gasteiger partial charge in [0.1, 0.15) is 18.3 Å². The average Bonchev–Trinajstić information content (AvgIpc) is 2.75. The Bertz CT molecular complexity index is 960. The van der Waals surface area contributed by atoms with E-state index in [9.17, 15) is 9.59 Å². The molecule has 1 aromatic carbocycles. The maximum Gasteiger partial charge on any atom is 0.295 e. The monoisotopic (exact) mass is 483 g/mol. The van der Waals surface area contributed by atoms with Crippen LogP contribution in [0.15, 0.2) is 28.2 Å². The van der Waals surface area contributed by atoms with Crippen LogP contribution in [0.5, 0.6) is 0 Å². The van der Waals surface area contributed by atoms with E-state index in [0.717, 1.165) is 27.9 Å². The molecule has 0 aliphatic rings. The van der Waals surface area contributed by atoms with Gasteiger partial charge in [-0.3, -0.25) is 14.5 Å². The molecule has 0 spiro atoms. The molecule has 0 atom stereocenters. The van der Waals surface area contributed by atoms with Crippen LogP contribution in [0.3, 0.4) is 0 Å². The molecule has 8 nitrogen and oxygen atoms in total. The summed E-state index contributed by atoms with van der Waals surface area (Å²) >= 11 is 6.97. The van der Waals surface area contributed by atoms with Crippen LogP contribution in [-0.2, 0) is 21.4 Å². The average molecular weight is 484 g/mol. The number of hydrogen-bond donors (Lipinski definition) is 1. The molecule has 10 heteroatoms. The number of halogens is 1. The van der Waals surface area contributed by atoms with E-state index < -0.39 is 0 Å². The summed E-state index contributed by atoms with van der Waals surface area (Å²) in [5.41, 5.74) is 2.90. The van der Waals surface area contributed by atoms with Crippen LogP contribution in [0.25, 0.3) is 0 Å². The lowest BCUT2D eigenvalue weighted by Crippen LogP contribution is -2.37. The Labute approximate surface area is 199 Å². The summed E-state index contributed by atoms with van der Waals surface area (Å²) in [6.45, 7) is 12.5. The molecule has 178 valence electrons. The predicted molar refractivity (Wildman–Crippen MR) is 132 cm³/mol. The number of nitrogen functional groups attached to an aromatic ring is 1. The number of hydrogen-bond acceptors (Lipinski definition) is 7. The van der Waals surface area contributed by atoms with Crippen LogP contribution in [0.2, 0.25) is 0 Å². The van der Waals surface area contributed by atoms with E-state index in [2.05, 4.69) is 17.1 Å². The van der Waals surface area contributed by atoms with Gasteiger partial charge in [0.15, 0.2) is 0 Å². The highest BCUT2D eigenvalue weighted by atomic mass is 35.5. The highest BCUT2D eigenvalue weighted by molar-refractivity contribution is 7.98. The third-order valence-electron chi connectivity index (χ3n) is 4.57. The largest absolute Gasteiger partial charge is 0.361 e. The molecule has 0 aliphatic heterocycles. The number of para-hydroxylation sites is 1. The number of nitrogens with zero attached hydrogens (tertiary/aromatic N) is 4. The Kier molecular flexibility index (Phi) is 11.2. The lowest BCUT2D eigenvalue weighted by Gasteiger charge is -2.25. The van der Waals surface area contributed by atoms with Crippen LogP contribution in [-0.4, -0.2) is 46.3 Å². The molecule has 2 aromatic rings. The molecule has 0 unspecified atom stereocenters. The quantitative estimate of drug-likeness (QED) is 0.278. The number of nitrogens with two attached hydrogens (primary N) is 1. The number of amides is 1. The van der Waals surface area contributed by atoms with Crippen LogP contribution in [0.4, 0.5) is 5.69 Å². The molecule has 0 saturated carbocycles. The number of carbonyl (C=O) groups is 1. The van der Waals surface area contributed by atoms with Crippen LogP contribution in [0, 0.1) is 6.92 Å². The van der Waals surface area contributed by atoms with Crippen molar-refractivity contribution in [1.29, 1.82) is 0 Å². The lowest BCUT2D eigenvalue weighted by atomic mass is 9.93. The minimum absolute atomic E-state index is 0.0371. The van der Waals surface area contributed by atoms with Gasteiger partial charge in [-0.25, -0.2) is 0 Å². The SMILES string of the molecule is CCOCN(C(=O)CCl)c1c(C)cccc1CC.CSc1nnc(C(C)(C)C)c(=O)n1N. The summed E-state index contributed by atoms with van der Waals surface area (Å²) in [6, 6.07) is 6.03. The zero-order valence-corrected chi connectivity index (χ0v) is 21.5. The van der Waals surface area contributed by atoms with Crippen LogP contribution < -0.4 is 16.3 Å². The number of aryl methyl sites for hydroxylation is 2. The molecule has 1 amide bonds. The van der Waals surface area contributed by atoms with Crippen molar-refractivity contribution >= 4 is 35.0 Å². The molecule has 2 N–H and O–H groups in total. The number of rotatable bonds is 7. The van der Waals surface area contributed by atoms with Gasteiger partial charge in [-0.2, -0.15) is 4.68 Å². The van der Waals surface area contributed by atoms with Crippen molar-refractivity contribution in [2.75, 3.05) is 36.2 Å². The minimum atomic E-state index is -0.331. The fraction of sp³-hybridized carbons (Fsp3) is 0.545. The standard InChI is InChI=1S/C14H20ClNO2.C8H14N4OS/c1-4-12-8-6-7-11(3)14(12)16(10-18-5-2)13(17)9-15;1-8(2,3)5-6(13)12(9)7(14-4)11-10-5/h6-8H,4-5,9-10H2,1-3H3;9H2,1-4H3. The number of benzene rings is 1. The van der Waals surface area contributed by atoms with E-state index in [1.807, 2.05) is 52.8 Å². The molecular formula is C22H34ClN5O3S. The van der Waals surface area contributed by atoms with Gasteiger partial charge in [-0.1, -0.05) is 57.7 Å². The molecule has 0 radical (unpaired) electrons. The van der Waals surface area contributed by atoms with E-state index in [1.165, 1.54) is 11.8 Å². The van der Waals surface area contributed by atoms with Crippen molar-refractivity contribution in [2.45, 2.75) is 58.5 Å². The third-order valence-corrected chi connectivity index (χ3v) is 5.44. The van der Waals surface area contributed by atoms with Crippen molar-refractivity contribution in [3.05, 3.63) is 45.4 Å². The Morgan fingerprint density at radius 3 is 2.44 bits per heavy atom. The third kappa shape index (κ3) is 7.21. The second-order valence-electron chi connectivity index (χ2n) is 7.97. The second-order valence-corrected chi connectivity index (χ2v) is 9.01. The van der Waals surface area contributed by atoms with E-state index in [0.29, 0.717) is 17.5 Å². The zero-order valence-electron chi connectivity index (χ0n) is 19.9. The summed E-state index contributed by atoms with van der Waals surface area (Å²) in [6.07, 6.45) is 2.67. The molecular weight excluding hydrogens is 450 g/mol. The Hall–Kier alpha value is -2.10. The van der Waals surface area contributed by atoms with E-state index in [4.69, 9.17) is 22.2 Å². The van der Waals surface area contributed by atoms with Gasteiger partial charge in [-0.15, -0.1) is 21.8 Å². The van der Waals surface area contributed by atoms with E-state index in [-0.39, 0.29) is 29.5 Å². The molecule has 32 heavy (non-hydrogen) atoms. The normalized spacial score (nSPS) is 11.0. The fourth-order valence-corrected chi connectivity index (χ4v) is 3.45. The Morgan fingerprint density at radius 2 is 1.94 bits per heavy atom. The summed E-state index contributed by atoms with van der Waals surface area (Å²) in [5.74, 6) is 5.40. The zero-order chi connectivity index (χ0) is 24.5. The summed E-state index contributed by atoms with van der Waals surface area (Å²) in [7, 11) is 0. The van der Waals surface area contributed by atoms with Crippen molar-refractivity contribution in [3.63, 3.8) is 0 Å². The molecule has 1 heterocycles. The Morgan fingerprint density at radius 1 is 1.28 bits per heavy atom. The second kappa shape index (κ2) is 12.8. The number of alkyl halides is 1. The van der Waals surface area contributed by atoms with E-state index >= 15 is 0 Å². The summed E-state index contributed by atoms with van der Waals surface area (Å²) < 4.78 is 6.41. The van der Waals surface area contributed by atoms with Gasteiger partial charge in [0.2, 0.25) is 11.1 Å². The molecule has 2 rings (SSSR count). The van der Waals surface area contributed by atoms with Crippen molar-refractivity contribution < 1.29 is 9.53 Å². The van der Waals surface area contributed by atoms with Crippen molar-refractivity contribution in [1.82, 2.24) is 14.9 Å². The van der Waals surface area contributed by atoms with Gasteiger partial charge >= 0.3 is 0 Å². The molecule has 0 fully saturated rings. The number of thioether (sulfide) groups is 1. The Balaban J connectivity index is 0.000000330. The van der Waals surface area contributed by atoms with Gasteiger partial charge in [-0.05, 0) is 37.7 Å². The van der Waals surface area contributed by atoms with E-state index in [1.54, 1.807) is 11.2 Å². The van der Waals surface area contributed by atoms with Gasteiger partial charge < -0.3 is 10.6 Å². The van der Waals surface area contributed by atoms with Crippen LogP contribution in [0.1, 0.15) is 51.4 Å². The summed E-state index contributed by atoms with van der Waals surface area (Å²) in [5, 5.41) is 8.19. The van der Waals surface area contributed by atoms with Crippen LogP contribution >= 0.6 is 23.4 Å². The molecule has 0 saturated heterocycles. The first kappa shape index (κ1) is 27.9. The predicted octanol–water partition coefficient (Wildman–Crippen LogP) is 3.49. The maximum atomic E-state index is 12.0. The fourth-order valence-electron chi connectivity index (χ4n) is 2.90.